The van der Waals surface area contributed by atoms with Crippen molar-refractivity contribution in [2.75, 3.05) is 89.0 Å². The number of aliphatic carboxylic acids is 1. The lowest BCUT2D eigenvalue weighted by atomic mass is 9.98. The Hall–Kier alpha value is -10.7. The highest BCUT2D eigenvalue weighted by Crippen LogP contribution is 2.38. The zero-order valence-corrected chi connectivity index (χ0v) is 52.4. The van der Waals surface area contributed by atoms with Gasteiger partial charge in [0.15, 0.2) is 17.2 Å². The van der Waals surface area contributed by atoms with E-state index in [4.69, 9.17) is 44.9 Å². The molecule has 14 rings (SSSR count). The number of amides is 3. The molecule has 3 aromatic heterocycles. The van der Waals surface area contributed by atoms with Crippen LogP contribution >= 0.6 is 0 Å². The highest BCUT2D eigenvalue weighted by molar-refractivity contribution is 5.99. The molecule has 5 aliphatic heterocycles. The fraction of sp³-hybridized carbons (Fsp3) is 0.348. The van der Waals surface area contributed by atoms with Crippen molar-refractivity contribution < 1.29 is 62.7 Å². The van der Waals surface area contributed by atoms with E-state index in [9.17, 15) is 28.8 Å². The van der Waals surface area contributed by atoms with Gasteiger partial charge in [0.2, 0.25) is 17.8 Å². The number of nitrogen functional groups attached to an aromatic ring is 1. The Labute approximate surface area is 540 Å². The number of rotatable bonds is 19. The molecule has 9 aromatic rings. The van der Waals surface area contributed by atoms with Gasteiger partial charge in [-0.05, 0) is 153 Å². The Balaban J connectivity index is 0.000000135. The summed E-state index contributed by atoms with van der Waals surface area (Å²) in [5.74, 6) is 4.22. The highest BCUT2D eigenvalue weighted by atomic mass is 16.5. The van der Waals surface area contributed by atoms with Crippen LogP contribution in [0, 0.1) is 0 Å². The number of para-hydroxylation sites is 3. The number of nitrogens with two attached hydrogens (primary N) is 1. The van der Waals surface area contributed by atoms with Crippen LogP contribution in [0.5, 0.6) is 34.5 Å². The first-order valence-electron chi connectivity index (χ1n) is 31.8. The standard InChI is InChI=1S/C24H26N4O4.C23H26N4O5.C22H22N4O4/c1-2-31-21(29)10-14-27-13-9-16-15-17(7-8-18(16)23(27)30)32-20-6-3-5-19-22(20)26-24-25-11-4-12-28(19)24;1-31-20(29)9-12-26-11-8-15-14-16(6-7-17(15)22(26)30)32-19-5-2-4-18-21(19)25-23(24)27(18)10-3-13-28;27-19(28)8-12-25-11-7-14-13-15(5-6-16(14)21(25)29)30-18-4-1-3-17-20(18)24-22-23-9-2-10-26(17)22/h3,5-8,15H,2,4,9-14H2,1H3,(H,25,26);2,4-7,14,28H,3,8-13H2,1H3,(H2,24,25);1,3-6,13H,2,7-12H2,(H,23,24)(H,27,28). The number of fused-ring (bicyclic) bond motifs is 10. The largest absolute Gasteiger partial charge is 0.481 e. The Morgan fingerprint density at radius 2 is 0.968 bits per heavy atom. The molecule has 94 heavy (non-hydrogen) atoms. The Bertz CT molecular complexity index is 4370. The van der Waals surface area contributed by atoms with Crippen LogP contribution in [-0.2, 0) is 62.8 Å². The van der Waals surface area contributed by atoms with Crippen LogP contribution in [0.1, 0.15) is 93.2 Å². The summed E-state index contributed by atoms with van der Waals surface area (Å²) in [6.45, 7) is 9.04. The molecule has 0 atom stereocenters. The number of imidazole rings is 3. The van der Waals surface area contributed by atoms with E-state index in [1.807, 2.05) is 83.4 Å². The number of ether oxygens (including phenoxy) is 5. The number of hydrogen-bond acceptors (Lipinski definition) is 18. The molecular weight excluding hydrogens is 1200 g/mol. The summed E-state index contributed by atoms with van der Waals surface area (Å²) in [5.41, 5.74) is 16.0. The van der Waals surface area contributed by atoms with Crippen LogP contribution in [0.15, 0.2) is 109 Å². The molecule has 0 aliphatic carbocycles. The Kier molecular flexibility index (Phi) is 19.2. The maximum atomic E-state index is 12.9. The minimum absolute atomic E-state index is 0.0459. The SMILES string of the molecule is CCOC(=O)CCN1CCc2cc(Oc3cccc4c3nc3n4CCCN3)ccc2C1=O.COC(=O)CCN1CCc2cc(Oc3cccc4c3nc(N)n4CCCO)ccc2C1=O.O=C(O)CCN1CCc2cc(Oc3cccc4c3nc3n4CCCN3)ccc2C1=O. The van der Waals surface area contributed by atoms with E-state index in [0.717, 1.165) is 95.2 Å². The van der Waals surface area contributed by atoms with Crippen LogP contribution in [0.3, 0.4) is 0 Å². The van der Waals surface area contributed by atoms with Gasteiger partial charge in [0.05, 0.1) is 49.5 Å². The molecule has 0 saturated carbocycles. The monoisotopic (exact) mass is 1280 g/mol. The van der Waals surface area contributed by atoms with Gasteiger partial charge >= 0.3 is 17.9 Å². The number of aliphatic hydroxyl groups is 1. The smallest absolute Gasteiger partial charge is 0.307 e. The molecule has 0 fully saturated rings. The molecule has 6 aromatic carbocycles. The maximum Gasteiger partial charge on any atom is 0.307 e. The number of carboxylic acid groups (broad SMARTS) is 1. The number of aliphatic hydroxyl groups excluding tert-OH is 1. The first-order valence-corrected chi connectivity index (χ1v) is 31.8. The number of aryl methyl sites for hydroxylation is 3. The summed E-state index contributed by atoms with van der Waals surface area (Å²) < 4.78 is 34.3. The third-order valence-corrected chi connectivity index (χ3v) is 17.2. The number of hydrogen-bond donors (Lipinski definition) is 5. The number of nitrogens with one attached hydrogen (secondary N) is 2. The summed E-state index contributed by atoms with van der Waals surface area (Å²) in [6.07, 6.45) is 5.11. The predicted molar refractivity (Wildman–Crippen MR) is 350 cm³/mol. The summed E-state index contributed by atoms with van der Waals surface area (Å²) >= 11 is 0. The summed E-state index contributed by atoms with van der Waals surface area (Å²) in [6, 6.07) is 33.9. The van der Waals surface area contributed by atoms with Crippen molar-refractivity contribution in [3.05, 3.63) is 143 Å². The van der Waals surface area contributed by atoms with Gasteiger partial charge in [-0.3, -0.25) is 28.8 Å². The van der Waals surface area contributed by atoms with Gasteiger partial charge in [0.25, 0.3) is 17.7 Å². The molecule has 488 valence electrons. The lowest BCUT2D eigenvalue weighted by Crippen LogP contribution is -2.39. The van der Waals surface area contributed by atoms with Gasteiger partial charge in [0.1, 0.15) is 33.8 Å². The molecule has 6 N–H and O–H groups in total. The molecule has 25 nitrogen and oxygen atoms in total. The minimum Gasteiger partial charge on any atom is -0.481 e. The molecule has 8 heterocycles. The summed E-state index contributed by atoms with van der Waals surface area (Å²) in [4.78, 5) is 91.0. The number of benzene rings is 6. The molecule has 0 bridgehead atoms. The molecule has 0 spiro atoms. The molecule has 3 amide bonds. The second-order valence-electron chi connectivity index (χ2n) is 23.2. The molecular formula is C69H74N12O13. The zero-order chi connectivity index (χ0) is 65.4. The van der Waals surface area contributed by atoms with Crippen LogP contribution in [0.25, 0.3) is 33.1 Å². The van der Waals surface area contributed by atoms with Crippen molar-refractivity contribution in [1.82, 2.24) is 43.4 Å². The number of nitrogens with zero attached hydrogens (tertiary/aromatic N) is 9. The quantitative estimate of drug-likeness (QED) is 0.0471. The van der Waals surface area contributed by atoms with Crippen LogP contribution in [-0.4, -0.2) is 162 Å². The number of carboxylic acids is 1. The van der Waals surface area contributed by atoms with Gasteiger partial charge < -0.3 is 78.7 Å². The van der Waals surface area contributed by atoms with Crippen molar-refractivity contribution in [3.8, 4) is 34.5 Å². The third-order valence-electron chi connectivity index (χ3n) is 17.2. The number of methoxy groups -OCH3 is 1. The number of carbonyl (C=O) groups excluding carboxylic acids is 5. The molecule has 5 aliphatic rings. The van der Waals surface area contributed by atoms with E-state index in [2.05, 4.69) is 35.6 Å². The first kappa shape index (κ1) is 63.5. The van der Waals surface area contributed by atoms with E-state index in [-0.39, 0.29) is 62.1 Å². The van der Waals surface area contributed by atoms with Gasteiger partial charge in [-0.25, -0.2) is 15.0 Å². The number of anilines is 3. The second kappa shape index (κ2) is 28.4. The van der Waals surface area contributed by atoms with Crippen molar-refractivity contribution >= 4 is 86.6 Å². The van der Waals surface area contributed by atoms with Gasteiger partial charge in [-0.2, -0.15) is 0 Å². The van der Waals surface area contributed by atoms with E-state index in [1.165, 1.54) is 7.11 Å². The topological polar surface area (TPSA) is 302 Å². The van der Waals surface area contributed by atoms with E-state index < -0.39 is 5.97 Å². The number of carbonyl (C=O) groups is 6. The van der Waals surface area contributed by atoms with Gasteiger partial charge in [-0.15, -0.1) is 0 Å². The molecule has 0 radical (unpaired) electrons. The molecule has 0 unspecified atom stereocenters. The van der Waals surface area contributed by atoms with Gasteiger partial charge in [-0.1, -0.05) is 18.2 Å². The zero-order valence-electron chi connectivity index (χ0n) is 52.4. The molecule has 0 saturated heterocycles. The van der Waals surface area contributed by atoms with Crippen molar-refractivity contribution in [1.29, 1.82) is 0 Å². The number of aromatic nitrogens is 6. The Morgan fingerprint density at radius 3 is 1.39 bits per heavy atom. The normalized spacial score (nSPS) is 14.6. The Morgan fingerprint density at radius 1 is 0.543 bits per heavy atom. The first-order chi connectivity index (χ1) is 45.7. The predicted octanol–water partition coefficient (Wildman–Crippen LogP) is 9.07. The van der Waals surface area contributed by atoms with Crippen molar-refractivity contribution in [2.24, 2.45) is 0 Å². The number of esters is 2. The van der Waals surface area contributed by atoms with Gasteiger partial charge in [0, 0.05) is 95.3 Å². The van der Waals surface area contributed by atoms with E-state index in [1.54, 1.807) is 45.9 Å². The van der Waals surface area contributed by atoms with Crippen LogP contribution < -0.4 is 30.6 Å². The van der Waals surface area contributed by atoms with Crippen LogP contribution in [0.2, 0.25) is 0 Å². The fourth-order valence-corrected chi connectivity index (χ4v) is 12.5. The molecule has 25 heteroatoms. The summed E-state index contributed by atoms with van der Waals surface area (Å²) in [7, 11) is 1.34. The lowest BCUT2D eigenvalue weighted by Gasteiger charge is -2.28. The lowest BCUT2D eigenvalue weighted by molar-refractivity contribution is -0.143. The minimum atomic E-state index is -0.900. The fourth-order valence-electron chi connectivity index (χ4n) is 12.5. The maximum absolute atomic E-state index is 12.9. The highest BCUT2D eigenvalue weighted by Gasteiger charge is 2.29. The van der Waals surface area contributed by atoms with Crippen molar-refractivity contribution in [3.63, 3.8) is 0 Å². The third kappa shape index (κ3) is 13.7. The van der Waals surface area contributed by atoms with Crippen molar-refractivity contribution in [2.45, 2.75) is 84.3 Å². The van der Waals surface area contributed by atoms with E-state index >= 15 is 0 Å². The average molecular weight is 1280 g/mol. The van der Waals surface area contributed by atoms with E-state index in [0.29, 0.717) is 134 Å². The second-order valence-corrected chi connectivity index (χ2v) is 23.2. The van der Waals surface area contributed by atoms with Crippen LogP contribution in [0.4, 0.5) is 17.8 Å². The average Bonchev–Trinajstić information content (AvgIpc) is 1.39. The summed E-state index contributed by atoms with van der Waals surface area (Å²) in [5, 5.41) is 24.7.